The molecule has 0 saturated heterocycles. The lowest BCUT2D eigenvalue weighted by Gasteiger charge is -2.06. The highest BCUT2D eigenvalue weighted by atomic mass is 35.5. The number of hydrogen-bond acceptors (Lipinski definition) is 1. The van der Waals surface area contributed by atoms with Crippen molar-refractivity contribution in [1.82, 2.24) is 0 Å². The van der Waals surface area contributed by atoms with Crippen molar-refractivity contribution in [3.05, 3.63) is 68.4 Å². The summed E-state index contributed by atoms with van der Waals surface area (Å²) in [5, 5.41) is 0.712. The van der Waals surface area contributed by atoms with Gasteiger partial charge in [0.1, 0.15) is 5.82 Å². The average molecular weight is 332 g/mol. The van der Waals surface area contributed by atoms with E-state index in [1.807, 2.05) is 0 Å². The second-order valence-electron chi connectivity index (χ2n) is 4.27. The Balaban J connectivity index is 2.11. The quantitative estimate of drug-likeness (QED) is 0.666. The first-order valence-corrected chi connectivity index (χ1v) is 7.03. The third-order valence-electron chi connectivity index (χ3n) is 2.87. The van der Waals surface area contributed by atoms with Crippen molar-refractivity contribution in [1.29, 1.82) is 0 Å². The highest BCUT2D eigenvalue weighted by molar-refractivity contribution is 6.39. The van der Waals surface area contributed by atoms with Crippen molar-refractivity contribution in [2.75, 3.05) is 0 Å². The molecule has 0 spiro atoms. The second-order valence-corrected chi connectivity index (χ2v) is 5.49. The number of benzene rings is 2. The molecule has 2 aromatic rings. The SMILES string of the molecule is O=C(CCc1ccc(Cl)c(F)c1)c1c(Cl)cccc1Cl. The Morgan fingerprint density at radius 1 is 1.00 bits per heavy atom. The van der Waals surface area contributed by atoms with Gasteiger partial charge in [-0.1, -0.05) is 46.9 Å². The molecule has 0 unspecified atom stereocenters. The summed E-state index contributed by atoms with van der Waals surface area (Å²) < 4.78 is 13.3. The summed E-state index contributed by atoms with van der Waals surface area (Å²) >= 11 is 17.5. The molecular weight excluding hydrogens is 322 g/mol. The number of carbonyl (C=O) groups excluding carboxylic acids is 1. The molecule has 0 aromatic heterocycles. The lowest BCUT2D eigenvalue weighted by molar-refractivity contribution is 0.0983. The molecule has 20 heavy (non-hydrogen) atoms. The van der Waals surface area contributed by atoms with Crippen LogP contribution in [0.25, 0.3) is 0 Å². The Hall–Kier alpha value is -1.09. The summed E-state index contributed by atoms with van der Waals surface area (Å²) in [5.74, 6) is -0.664. The normalized spacial score (nSPS) is 10.6. The van der Waals surface area contributed by atoms with Crippen molar-refractivity contribution in [2.24, 2.45) is 0 Å². The van der Waals surface area contributed by atoms with Crippen LogP contribution in [-0.4, -0.2) is 5.78 Å². The highest BCUT2D eigenvalue weighted by Gasteiger charge is 2.14. The predicted octanol–water partition coefficient (Wildman–Crippen LogP) is 5.60. The zero-order valence-corrected chi connectivity index (χ0v) is 12.6. The number of aryl methyl sites for hydroxylation is 1. The van der Waals surface area contributed by atoms with Crippen molar-refractivity contribution < 1.29 is 9.18 Å². The van der Waals surface area contributed by atoms with Gasteiger partial charge in [-0.3, -0.25) is 4.79 Å². The number of hydrogen-bond donors (Lipinski definition) is 0. The van der Waals surface area contributed by atoms with Crippen LogP contribution < -0.4 is 0 Å². The largest absolute Gasteiger partial charge is 0.294 e. The minimum Gasteiger partial charge on any atom is -0.294 e. The van der Waals surface area contributed by atoms with Gasteiger partial charge in [-0.25, -0.2) is 4.39 Å². The van der Waals surface area contributed by atoms with E-state index in [2.05, 4.69) is 0 Å². The molecule has 2 aromatic carbocycles. The Labute approximate surface area is 131 Å². The summed E-state index contributed by atoms with van der Waals surface area (Å²) in [4.78, 5) is 12.1. The zero-order chi connectivity index (χ0) is 14.7. The molecule has 1 nitrogen and oxygen atoms in total. The third kappa shape index (κ3) is 3.51. The van der Waals surface area contributed by atoms with Gasteiger partial charge >= 0.3 is 0 Å². The lowest BCUT2D eigenvalue weighted by atomic mass is 10.0. The van der Waals surface area contributed by atoms with Gasteiger partial charge in [-0.15, -0.1) is 0 Å². The maximum atomic E-state index is 13.3. The minimum atomic E-state index is -0.493. The Bertz CT molecular complexity index is 635. The van der Waals surface area contributed by atoms with Crippen LogP contribution in [0, 0.1) is 5.82 Å². The molecule has 0 radical (unpaired) electrons. The smallest absolute Gasteiger partial charge is 0.166 e. The molecule has 0 amide bonds. The number of carbonyl (C=O) groups is 1. The molecule has 0 aliphatic carbocycles. The molecule has 5 heteroatoms. The molecule has 0 fully saturated rings. The van der Waals surface area contributed by atoms with Crippen LogP contribution in [0.15, 0.2) is 36.4 Å². The topological polar surface area (TPSA) is 17.1 Å². The number of ketones is 1. The molecule has 104 valence electrons. The summed E-state index contributed by atoms with van der Waals surface area (Å²) in [5.41, 5.74) is 1.01. The van der Waals surface area contributed by atoms with E-state index in [1.54, 1.807) is 24.3 Å². The van der Waals surface area contributed by atoms with Crippen LogP contribution in [0.5, 0.6) is 0 Å². The van der Waals surface area contributed by atoms with Crippen LogP contribution in [0.4, 0.5) is 4.39 Å². The van der Waals surface area contributed by atoms with E-state index >= 15 is 0 Å². The monoisotopic (exact) mass is 330 g/mol. The minimum absolute atomic E-state index is 0.0641. The number of Topliss-reactive ketones (excluding diaryl/α,β-unsaturated/α-hetero) is 1. The fourth-order valence-electron chi connectivity index (χ4n) is 1.84. The number of rotatable bonds is 4. The summed E-state index contributed by atoms with van der Waals surface area (Å²) in [6.07, 6.45) is 0.596. The molecule has 0 N–H and O–H groups in total. The summed E-state index contributed by atoms with van der Waals surface area (Å²) in [6, 6.07) is 9.39. The van der Waals surface area contributed by atoms with Crippen LogP contribution in [0.3, 0.4) is 0 Å². The summed E-state index contributed by atoms with van der Waals surface area (Å²) in [6.45, 7) is 0. The van der Waals surface area contributed by atoms with Gasteiger partial charge < -0.3 is 0 Å². The van der Waals surface area contributed by atoms with Gasteiger partial charge in [0.05, 0.1) is 20.6 Å². The van der Waals surface area contributed by atoms with E-state index in [0.29, 0.717) is 27.6 Å². The van der Waals surface area contributed by atoms with E-state index in [0.717, 1.165) is 0 Å². The van der Waals surface area contributed by atoms with E-state index in [1.165, 1.54) is 12.1 Å². The molecule has 0 saturated carbocycles. The molecule has 0 heterocycles. The number of halogens is 4. The van der Waals surface area contributed by atoms with Crippen LogP contribution >= 0.6 is 34.8 Å². The average Bonchev–Trinajstić information content (AvgIpc) is 2.40. The van der Waals surface area contributed by atoms with Gasteiger partial charge in [0.25, 0.3) is 0 Å². The first kappa shape index (κ1) is 15.3. The van der Waals surface area contributed by atoms with E-state index in [-0.39, 0.29) is 17.2 Å². The molecular formula is C15H10Cl3FO. The van der Waals surface area contributed by atoms with Crippen molar-refractivity contribution in [3.8, 4) is 0 Å². The molecule has 0 aliphatic rings. The third-order valence-corrected chi connectivity index (χ3v) is 3.80. The van der Waals surface area contributed by atoms with E-state index in [9.17, 15) is 9.18 Å². The highest BCUT2D eigenvalue weighted by Crippen LogP contribution is 2.26. The van der Waals surface area contributed by atoms with Gasteiger partial charge in [0, 0.05) is 6.42 Å². The fraction of sp³-hybridized carbons (Fsp3) is 0.133. The van der Waals surface area contributed by atoms with Gasteiger partial charge in [0.2, 0.25) is 0 Å². The second kappa shape index (κ2) is 6.57. The van der Waals surface area contributed by atoms with Crippen molar-refractivity contribution >= 4 is 40.6 Å². The van der Waals surface area contributed by atoms with Crippen LogP contribution in [-0.2, 0) is 6.42 Å². The zero-order valence-electron chi connectivity index (χ0n) is 10.3. The molecule has 0 bridgehead atoms. The maximum Gasteiger partial charge on any atom is 0.166 e. The van der Waals surface area contributed by atoms with Crippen LogP contribution in [0.2, 0.25) is 15.1 Å². The first-order valence-electron chi connectivity index (χ1n) is 5.90. The lowest BCUT2D eigenvalue weighted by Crippen LogP contribution is -2.03. The maximum absolute atomic E-state index is 13.3. The first-order chi connectivity index (χ1) is 9.49. The Morgan fingerprint density at radius 2 is 1.65 bits per heavy atom. The Kier molecular flexibility index (Phi) is 5.03. The Morgan fingerprint density at radius 3 is 2.25 bits per heavy atom. The molecule has 0 aliphatic heterocycles. The summed E-state index contributed by atoms with van der Waals surface area (Å²) in [7, 11) is 0. The predicted molar refractivity (Wildman–Crippen MR) is 80.5 cm³/mol. The van der Waals surface area contributed by atoms with Crippen molar-refractivity contribution in [2.45, 2.75) is 12.8 Å². The molecule has 0 atom stereocenters. The standard InChI is InChI=1S/C15H10Cl3FO/c16-10-6-4-9(8-13(10)19)5-7-14(20)15-11(17)2-1-3-12(15)18/h1-4,6,8H,5,7H2. The fourth-order valence-corrected chi connectivity index (χ4v) is 2.57. The van der Waals surface area contributed by atoms with E-state index < -0.39 is 5.82 Å². The van der Waals surface area contributed by atoms with Crippen LogP contribution in [0.1, 0.15) is 22.3 Å². The van der Waals surface area contributed by atoms with Gasteiger partial charge in [-0.05, 0) is 36.2 Å². The van der Waals surface area contributed by atoms with E-state index in [4.69, 9.17) is 34.8 Å². The van der Waals surface area contributed by atoms with Gasteiger partial charge in [-0.2, -0.15) is 0 Å². The van der Waals surface area contributed by atoms with Gasteiger partial charge in [0.15, 0.2) is 5.78 Å². The molecule has 2 rings (SSSR count). The van der Waals surface area contributed by atoms with Crippen molar-refractivity contribution in [3.63, 3.8) is 0 Å².